The number of benzene rings is 1. The Hall–Kier alpha value is -2.02. The van der Waals surface area contributed by atoms with Gasteiger partial charge in [-0.15, -0.1) is 0 Å². The number of nitrogens with one attached hydrogen (secondary N) is 1. The summed E-state index contributed by atoms with van der Waals surface area (Å²) in [6, 6.07) is 2.46. The Kier molecular flexibility index (Phi) is 4.22. The highest BCUT2D eigenvalue weighted by atomic mass is 19.4. The summed E-state index contributed by atoms with van der Waals surface area (Å²) in [4.78, 5) is 3.66. The fraction of sp³-hybridized carbons (Fsp3) is 0.214. The largest absolute Gasteiger partial charge is 0.416 e. The Morgan fingerprint density at radius 3 is 2.38 bits per heavy atom. The molecular weight excluding hydrogens is 291 g/mol. The van der Waals surface area contributed by atoms with Crippen LogP contribution in [0.5, 0.6) is 0 Å². The molecule has 2 rings (SSSR count). The topological polar surface area (TPSA) is 24.9 Å². The first-order valence-corrected chi connectivity index (χ1v) is 5.98. The summed E-state index contributed by atoms with van der Waals surface area (Å²) < 4.78 is 65.8. The van der Waals surface area contributed by atoms with Gasteiger partial charge in [0, 0.05) is 29.6 Å². The second-order valence-corrected chi connectivity index (χ2v) is 4.35. The standard InChI is InChI=1S/C14H11F5N2/c1-20-13(9-3-2-8(15)6-12(9)16)10-7-21-5-4-11(10)14(17,18)19/h2-7,13,20H,1H3. The Morgan fingerprint density at radius 1 is 1.10 bits per heavy atom. The monoisotopic (exact) mass is 302 g/mol. The SMILES string of the molecule is CNC(c1ccc(F)cc1F)c1cnccc1C(F)(F)F. The molecule has 1 aromatic heterocycles. The minimum atomic E-state index is -4.59. The molecule has 0 amide bonds. The molecule has 2 nitrogen and oxygen atoms in total. The number of hydrogen-bond acceptors (Lipinski definition) is 2. The number of rotatable bonds is 3. The van der Waals surface area contributed by atoms with Crippen LogP contribution in [0.4, 0.5) is 22.0 Å². The molecule has 0 spiro atoms. The molecule has 2 aromatic rings. The minimum absolute atomic E-state index is 0.0857. The van der Waals surface area contributed by atoms with Crippen molar-refractivity contribution in [2.24, 2.45) is 0 Å². The van der Waals surface area contributed by atoms with Gasteiger partial charge in [-0.3, -0.25) is 4.98 Å². The molecule has 7 heteroatoms. The molecular formula is C14H11F5N2. The summed E-state index contributed by atoms with van der Waals surface area (Å²) in [5.74, 6) is -1.72. The van der Waals surface area contributed by atoms with Gasteiger partial charge in [-0.1, -0.05) is 6.07 Å². The third kappa shape index (κ3) is 3.18. The van der Waals surface area contributed by atoms with E-state index in [1.54, 1.807) is 0 Å². The zero-order valence-electron chi connectivity index (χ0n) is 10.9. The summed E-state index contributed by atoms with van der Waals surface area (Å²) in [6.45, 7) is 0. The van der Waals surface area contributed by atoms with Crippen molar-refractivity contribution in [1.29, 1.82) is 0 Å². The second-order valence-electron chi connectivity index (χ2n) is 4.35. The molecule has 21 heavy (non-hydrogen) atoms. The van der Waals surface area contributed by atoms with Gasteiger partial charge in [-0.05, 0) is 19.2 Å². The molecule has 1 atom stereocenters. The molecule has 0 radical (unpaired) electrons. The lowest BCUT2D eigenvalue weighted by Gasteiger charge is -2.21. The molecule has 0 aliphatic heterocycles. The fourth-order valence-electron chi connectivity index (χ4n) is 2.11. The van der Waals surface area contributed by atoms with Gasteiger partial charge in [-0.2, -0.15) is 13.2 Å². The molecule has 0 saturated heterocycles. The predicted octanol–water partition coefficient (Wildman–Crippen LogP) is 3.69. The van der Waals surface area contributed by atoms with Crippen LogP contribution in [0.15, 0.2) is 36.7 Å². The normalized spacial score (nSPS) is 13.2. The van der Waals surface area contributed by atoms with Crippen LogP contribution in [0.2, 0.25) is 0 Å². The van der Waals surface area contributed by atoms with Gasteiger partial charge in [0.2, 0.25) is 0 Å². The highest BCUT2D eigenvalue weighted by molar-refractivity contribution is 5.37. The lowest BCUT2D eigenvalue weighted by Crippen LogP contribution is -2.23. The van der Waals surface area contributed by atoms with E-state index in [0.29, 0.717) is 6.07 Å². The zero-order valence-corrected chi connectivity index (χ0v) is 10.9. The third-order valence-electron chi connectivity index (χ3n) is 3.03. The summed E-state index contributed by atoms with van der Waals surface area (Å²) in [5.41, 5.74) is -1.23. The third-order valence-corrected chi connectivity index (χ3v) is 3.03. The first-order chi connectivity index (χ1) is 9.84. The van der Waals surface area contributed by atoms with Crippen molar-refractivity contribution in [2.45, 2.75) is 12.2 Å². The van der Waals surface area contributed by atoms with E-state index in [4.69, 9.17) is 0 Å². The van der Waals surface area contributed by atoms with Crippen LogP contribution in [-0.4, -0.2) is 12.0 Å². The molecule has 112 valence electrons. The van der Waals surface area contributed by atoms with Crippen LogP contribution in [0, 0.1) is 11.6 Å². The van der Waals surface area contributed by atoms with E-state index in [1.807, 2.05) is 0 Å². The van der Waals surface area contributed by atoms with Crippen LogP contribution < -0.4 is 5.32 Å². The molecule has 1 aromatic carbocycles. The number of pyridine rings is 1. The van der Waals surface area contributed by atoms with Crippen LogP contribution >= 0.6 is 0 Å². The Labute approximate surface area is 117 Å². The van der Waals surface area contributed by atoms with Crippen molar-refractivity contribution >= 4 is 0 Å². The fourth-order valence-corrected chi connectivity index (χ4v) is 2.11. The molecule has 1 heterocycles. The second kappa shape index (κ2) is 5.77. The Balaban J connectivity index is 2.57. The summed E-state index contributed by atoms with van der Waals surface area (Å²) >= 11 is 0. The highest BCUT2D eigenvalue weighted by Gasteiger charge is 2.35. The number of alkyl halides is 3. The van der Waals surface area contributed by atoms with Crippen molar-refractivity contribution in [1.82, 2.24) is 10.3 Å². The summed E-state index contributed by atoms with van der Waals surface area (Å²) in [6.07, 6.45) is -2.56. The van der Waals surface area contributed by atoms with Gasteiger partial charge in [0.15, 0.2) is 0 Å². The smallest absolute Gasteiger partial charge is 0.309 e. The summed E-state index contributed by atoms with van der Waals surface area (Å²) in [5, 5.41) is 2.60. The van der Waals surface area contributed by atoms with E-state index in [2.05, 4.69) is 10.3 Å². The maximum atomic E-state index is 13.8. The van der Waals surface area contributed by atoms with Crippen LogP contribution in [-0.2, 0) is 6.18 Å². The molecule has 1 N–H and O–H groups in total. The average Bonchev–Trinajstić information content (AvgIpc) is 2.41. The van der Waals surface area contributed by atoms with E-state index in [1.165, 1.54) is 7.05 Å². The maximum absolute atomic E-state index is 13.8. The quantitative estimate of drug-likeness (QED) is 0.875. The molecule has 0 saturated carbocycles. The van der Waals surface area contributed by atoms with Gasteiger partial charge < -0.3 is 5.32 Å². The van der Waals surface area contributed by atoms with Crippen molar-refractivity contribution in [3.63, 3.8) is 0 Å². The number of halogens is 5. The summed E-state index contributed by atoms with van der Waals surface area (Å²) in [7, 11) is 1.39. The van der Waals surface area contributed by atoms with Crippen molar-refractivity contribution < 1.29 is 22.0 Å². The van der Waals surface area contributed by atoms with Crippen molar-refractivity contribution in [3.05, 3.63) is 65.0 Å². The average molecular weight is 302 g/mol. The lowest BCUT2D eigenvalue weighted by atomic mass is 9.95. The van der Waals surface area contributed by atoms with E-state index in [0.717, 1.165) is 30.6 Å². The van der Waals surface area contributed by atoms with Crippen LogP contribution in [0.1, 0.15) is 22.7 Å². The van der Waals surface area contributed by atoms with E-state index in [9.17, 15) is 22.0 Å². The number of nitrogens with zero attached hydrogens (tertiary/aromatic N) is 1. The molecule has 0 aliphatic carbocycles. The number of aromatic nitrogens is 1. The Morgan fingerprint density at radius 2 is 1.81 bits per heavy atom. The van der Waals surface area contributed by atoms with Gasteiger partial charge >= 0.3 is 6.18 Å². The van der Waals surface area contributed by atoms with E-state index >= 15 is 0 Å². The predicted molar refractivity (Wildman–Crippen MR) is 66.5 cm³/mol. The van der Waals surface area contributed by atoms with Crippen molar-refractivity contribution in [2.75, 3.05) is 7.05 Å². The highest BCUT2D eigenvalue weighted by Crippen LogP contribution is 2.36. The van der Waals surface area contributed by atoms with E-state index < -0.39 is 29.4 Å². The van der Waals surface area contributed by atoms with Gasteiger partial charge in [0.25, 0.3) is 0 Å². The Bertz CT molecular complexity index is 640. The lowest BCUT2D eigenvalue weighted by molar-refractivity contribution is -0.138. The van der Waals surface area contributed by atoms with Crippen molar-refractivity contribution in [3.8, 4) is 0 Å². The van der Waals surface area contributed by atoms with Gasteiger partial charge in [0.1, 0.15) is 11.6 Å². The zero-order chi connectivity index (χ0) is 15.6. The van der Waals surface area contributed by atoms with Gasteiger partial charge in [-0.25, -0.2) is 8.78 Å². The molecule has 0 fully saturated rings. The first-order valence-electron chi connectivity index (χ1n) is 5.98. The van der Waals surface area contributed by atoms with Gasteiger partial charge in [0.05, 0.1) is 11.6 Å². The van der Waals surface area contributed by atoms with Crippen LogP contribution in [0.25, 0.3) is 0 Å². The van der Waals surface area contributed by atoms with Crippen LogP contribution in [0.3, 0.4) is 0 Å². The molecule has 0 aliphatic rings. The maximum Gasteiger partial charge on any atom is 0.416 e. The first kappa shape index (κ1) is 15.4. The molecule has 0 bridgehead atoms. The number of hydrogen-bond donors (Lipinski definition) is 1. The molecule has 1 unspecified atom stereocenters. The van der Waals surface area contributed by atoms with E-state index in [-0.39, 0.29) is 11.1 Å². The minimum Gasteiger partial charge on any atom is -0.309 e.